The van der Waals surface area contributed by atoms with Crippen molar-refractivity contribution in [2.45, 2.75) is 308 Å². The Hall–Kier alpha value is -6.86. The highest BCUT2D eigenvalue weighted by Crippen LogP contribution is 2.32. The van der Waals surface area contributed by atoms with Gasteiger partial charge in [-0.3, -0.25) is 19.2 Å². The molecule has 2 aromatic rings. The zero-order valence-corrected chi connectivity index (χ0v) is 53.7. The number of rotatable bonds is 38. The fourth-order valence-corrected chi connectivity index (χ4v) is 12.4. The van der Waals surface area contributed by atoms with Gasteiger partial charge in [-0.15, -0.1) is 0 Å². The molecular formula is C70H98O20. The van der Waals surface area contributed by atoms with Crippen LogP contribution in [0, 0.1) is 0 Å². The molecule has 4 unspecified atom stereocenters. The molecule has 0 N–H and O–H groups in total. The van der Waals surface area contributed by atoms with Crippen LogP contribution in [0.3, 0.4) is 0 Å². The van der Waals surface area contributed by atoms with Crippen LogP contribution >= 0.6 is 0 Å². The van der Waals surface area contributed by atoms with Gasteiger partial charge in [0.1, 0.15) is 24.4 Å². The number of Topliss-reactive ketones (excluding diaryl/α,β-unsaturated/α-hetero) is 4. The van der Waals surface area contributed by atoms with Crippen molar-refractivity contribution in [3.8, 4) is 0 Å². The minimum Gasteiger partial charge on any atom is -0.431 e. The van der Waals surface area contributed by atoms with E-state index in [1.54, 1.807) is 0 Å². The smallest absolute Gasteiger partial charge is 0.431 e. The summed E-state index contributed by atoms with van der Waals surface area (Å²) in [7, 11) is 0. The van der Waals surface area contributed by atoms with Crippen LogP contribution in [-0.2, 0) is 47.7 Å². The number of hydrogen-bond acceptors (Lipinski definition) is 20. The summed E-state index contributed by atoms with van der Waals surface area (Å²) in [5.41, 5.74) is -3.19. The highest BCUT2D eigenvalue weighted by Gasteiger charge is 2.40. The van der Waals surface area contributed by atoms with E-state index in [9.17, 15) is 28.8 Å². The third kappa shape index (κ3) is 23.1. The van der Waals surface area contributed by atoms with Gasteiger partial charge >= 0.3 is 36.6 Å². The summed E-state index contributed by atoms with van der Waals surface area (Å²) in [5.74, 6) is -6.71. The summed E-state index contributed by atoms with van der Waals surface area (Å²) in [6.45, 7) is 8.02. The molecule has 20 nitrogen and oxygen atoms in total. The molecule has 4 aliphatic carbocycles. The molecule has 0 radical (unpaired) electrons. The lowest BCUT2D eigenvalue weighted by Crippen LogP contribution is -2.35. The first kappa shape index (κ1) is 72.2. The zero-order valence-electron chi connectivity index (χ0n) is 53.7. The van der Waals surface area contributed by atoms with Crippen LogP contribution in [0.25, 0.3) is 0 Å². The Morgan fingerprint density at radius 1 is 0.322 bits per heavy atom. The molecule has 0 spiro atoms. The molecule has 498 valence electrons. The van der Waals surface area contributed by atoms with Gasteiger partial charge in [0.25, 0.3) is 0 Å². The topological polar surface area (TPSA) is 263 Å². The molecular weight excluding hydrogens is 1160 g/mol. The van der Waals surface area contributed by atoms with Crippen molar-refractivity contribution in [2.75, 3.05) is 0 Å². The monoisotopic (exact) mass is 1260 g/mol. The van der Waals surface area contributed by atoms with Gasteiger partial charge in [-0.05, 0) is 166 Å². The normalized spacial score (nSPS) is 16.7. The summed E-state index contributed by atoms with van der Waals surface area (Å²) in [5, 5.41) is 0. The van der Waals surface area contributed by atoms with Gasteiger partial charge in [0, 0.05) is 22.3 Å². The Bertz CT molecular complexity index is 2480. The molecule has 6 rings (SSSR count). The van der Waals surface area contributed by atoms with Gasteiger partial charge in [0.15, 0.2) is 24.4 Å². The highest BCUT2D eigenvalue weighted by atomic mass is 17.2. The van der Waals surface area contributed by atoms with Crippen LogP contribution in [0.15, 0.2) is 36.4 Å². The first-order chi connectivity index (χ1) is 43.6. The van der Waals surface area contributed by atoms with Crippen molar-refractivity contribution in [3.05, 3.63) is 69.8 Å². The summed E-state index contributed by atoms with van der Waals surface area (Å²) in [4.78, 5) is 155. The van der Waals surface area contributed by atoms with E-state index in [4.69, 9.17) is 47.7 Å². The minimum absolute atomic E-state index is 0.0222. The van der Waals surface area contributed by atoms with Gasteiger partial charge in [0.2, 0.25) is 23.1 Å². The van der Waals surface area contributed by atoms with E-state index in [0.717, 1.165) is 115 Å². The van der Waals surface area contributed by atoms with E-state index < -0.39 is 142 Å². The van der Waals surface area contributed by atoms with Crippen molar-refractivity contribution in [1.29, 1.82) is 0 Å². The minimum atomic E-state index is -1.61. The lowest BCUT2D eigenvalue weighted by molar-refractivity contribution is -0.187. The third-order valence-corrected chi connectivity index (χ3v) is 17.4. The zero-order chi connectivity index (χ0) is 64.6. The molecule has 90 heavy (non-hydrogen) atoms. The number of carbonyl (C=O) groups is 10. The van der Waals surface area contributed by atoms with Gasteiger partial charge in [0.05, 0.1) is 11.1 Å². The molecule has 2 aromatic carbocycles. The number of ether oxygens (including phenoxy) is 8. The average Bonchev–Trinajstić information content (AvgIpc) is 0.948. The Morgan fingerprint density at radius 2 is 0.556 bits per heavy atom. The maximum absolute atomic E-state index is 15.4. The maximum Gasteiger partial charge on any atom is 0.509 e. The molecule has 4 atom stereocenters. The van der Waals surface area contributed by atoms with Crippen LogP contribution in [0.5, 0.6) is 0 Å². The van der Waals surface area contributed by atoms with Crippen molar-refractivity contribution in [2.24, 2.45) is 0 Å². The summed E-state index contributed by atoms with van der Waals surface area (Å²) < 4.78 is 45.7. The Balaban J connectivity index is 1.41. The van der Waals surface area contributed by atoms with Crippen LogP contribution in [-0.4, -0.2) is 109 Å². The van der Waals surface area contributed by atoms with Crippen molar-refractivity contribution >= 4 is 59.7 Å². The summed E-state index contributed by atoms with van der Waals surface area (Å²) in [6, 6.07) is 7.41. The molecule has 0 aliphatic heterocycles. The van der Waals surface area contributed by atoms with E-state index >= 15 is 19.2 Å². The Kier molecular flexibility index (Phi) is 31.6. The van der Waals surface area contributed by atoms with Crippen LogP contribution < -0.4 is 0 Å². The fourth-order valence-electron chi connectivity index (χ4n) is 12.4. The third-order valence-electron chi connectivity index (χ3n) is 17.4. The van der Waals surface area contributed by atoms with Crippen LogP contribution in [0.1, 0.15) is 321 Å². The highest BCUT2D eigenvalue weighted by molar-refractivity contribution is 6.18. The first-order valence-electron chi connectivity index (χ1n) is 34.0. The van der Waals surface area contributed by atoms with E-state index in [1.165, 1.54) is 24.3 Å². The fraction of sp³-hybridized carbons (Fsp3) is 0.686. The molecule has 4 fully saturated rings. The molecule has 0 amide bonds. The molecule has 0 aromatic heterocycles. The number of carbonyl (C=O) groups excluding carboxylic acids is 10. The second kappa shape index (κ2) is 39.4. The van der Waals surface area contributed by atoms with Gasteiger partial charge in [-0.25, -0.2) is 38.5 Å². The Morgan fingerprint density at radius 3 is 0.800 bits per heavy atom. The summed E-state index contributed by atoms with van der Waals surface area (Å²) in [6.07, 6.45) is 10.1. The van der Waals surface area contributed by atoms with Crippen molar-refractivity contribution < 1.29 is 95.6 Å². The van der Waals surface area contributed by atoms with Crippen LogP contribution in [0.4, 0.5) is 19.2 Å². The standard InChI is InChI=1S/C70H98O20/c1-5-9-13-17-43-55(85-67(77)81-47-31-21-22-32-47)61(71)51-39-29-41-53(59(51)63(73)57(45-19-15-11-7-3)87-69(79)83-49-35-25-26-36-49)65(75)89-90-66(76)54-42-30-40-52(62(72)56(44-18-14-10-6-2)86-68(78)82-48-33-23-24-34-48)60(54)64(74)58(46-20-16-12-8-4)88-70(80)84-50-37-27-28-38-50/h29-30,39-42,47-50,55-58H,5-28,31-38,43-46H2,1-4H3. The molecule has 4 aliphatic rings. The van der Waals surface area contributed by atoms with E-state index in [2.05, 4.69) is 0 Å². The number of unbranched alkanes of at least 4 members (excludes halogenated alkanes) is 12. The molecule has 20 heteroatoms. The first-order valence-corrected chi connectivity index (χ1v) is 34.0. The largest absolute Gasteiger partial charge is 0.509 e. The summed E-state index contributed by atoms with van der Waals surface area (Å²) >= 11 is 0. The Labute approximate surface area is 530 Å². The number of ketones is 4. The van der Waals surface area contributed by atoms with Crippen molar-refractivity contribution in [3.63, 3.8) is 0 Å². The SMILES string of the molecule is CCCCCCC(OC(=O)OC1CCCC1)C(=O)c1cccc(C(=O)OOC(=O)c2cccc(C(=O)C(CCCCCC)OC(=O)OC3CCCC3)c2C(=O)C(CCCCCC)OC(=O)OC2CCCC2)c1C(=O)C(CCCCCC)OC(=O)OC1CCCC1. The quantitative estimate of drug-likeness (QED) is 0.0151. The molecule has 0 saturated heterocycles. The molecule has 4 saturated carbocycles. The average molecular weight is 1260 g/mol. The van der Waals surface area contributed by atoms with Gasteiger partial charge < -0.3 is 37.9 Å². The number of benzene rings is 2. The lowest BCUT2D eigenvalue weighted by atomic mass is 9.88. The van der Waals surface area contributed by atoms with Gasteiger partial charge in [-0.1, -0.05) is 129 Å². The molecule has 0 bridgehead atoms. The second-order valence-electron chi connectivity index (χ2n) is 24.6. The van der Waals surface area contributed by atoms with Crippen molar-refractivity contribution in [1.82, 2.24) is 0 Å². The predicted octanol–water partition coefficient (Wildman–Crippen LogP) is 17.1. The predicted molar refractivity (Wildman–Crippen MR) is 331 cm³/mol. The second-order valence-corrected chi connectivity index (χ2v) is 24.6. The lowest BCUT2D eigenvalue weighted by Gasteiger charge is -2.23. The number of hydrogen-bond donors (Lipinski definition) is 0. The van der Waals surface area contributed by atoms with Crippen LogP contribution in [0.2, 0.25) is 0 Å². The van der Waals surface area contributed by atoms with E-state index in [-0.39, 0.29) is 25.7 Å². The van der Waals surface area contributed by atoms with Gasteiger partial charge in [-0.2, -0.15) is 0 Å². The van der Waals surface area contributed by atoms with E-state index in [1.807, 2.05) is 27.7 Å². The van der Waals surface area contributed by atoms with E-state index in [0.29, 0.717) is 103 Å². The molecule has 0 heterocycles. The maximum atomic E-state index is 15.4.